The van der Waals surface area contributed by atoms with Crippen LogP contribution >= 0.6 is 0 Å². The molecule has 2 aromatic heterocycles. The fourth-order valence-corrected chi connectivity index (χ4v) is 1.25. The lowest BCUT2D eigenvalue weighted by molar-refractivity contribution is 0.576. The molecule has 0 amide bonds. The van der Waals surface area contributed by atoms with E-state index < -0.39 is 0 Å². The molecular formula is C11H9N3O. The van der Waals surface area contributed by atoms with E-state index in [0.717, 1.165) is 11.3 Å². The van der Waals surface area contributed by atoms with Gasteiger partial charge >= 0.3 is 0 Å². The van der Waals surface area contributed by atoms with E-state index >= 15 is 0 Å². The van der Waals surface area contributed by atoms with E-state index in [1.807, 2.05) is 19.9 Å². The highest BCUT2D eigenvalue weighted by atomic mass is 16.3. The Labute approximate surface area is 87.2 Å². The highest BCUT2D eigenvalue weighted by Gasteiger charge is 2.10. The van der Waals surface area contributed by atoms with Crippen LogP contribution in [0.3, 0.4) is 0 Å². The van der Waals surface area contributed by atoms with Crippen molar-refractivity contribution in [3.05, 3.63) is 35.3 Å². The summed E-state index contributed by atoms with van der Waals surface area (Å²) >= 11 is 0. The van der Waals surface area contributed by atoms with Gasteiger partial charge in [-0.05, 0) is 26.0 Å². The van der Waals surface area contributed by atoms with Crippen molar-refractivity contribution in [1.29, 1.82) is 5.26 Å². The van der Waals surface area contributed by atoms with Crippen LogP contribution in [0, 0.1) is 25.2 Å². The average molecular weight is 199 g/mol. The molecule has 0 bridgehead atoms. The van der Waals surface area contributed by atoms with Crippen molar-refractivity contribution in [2.24, 2.45) is 0 Å². The monoisotopic (exact) mass is 199 g/mol. The summed E-state index contributed by atoms with van der Waals surface area (Å²) < 4.78 is 5.18. The Morgan fingerprint density at radius 1 is 1.33 bits per heavy atom. The first-order chi connectivity index (χ1) is 7.22. The Kier molecular flexibility index (Phi) is 2.22. The van der Waals surface area contributed by atoms with Gasteiger partial charge in [0.1, 0.15) is 11.8 Å². The van der Waals surface area contributed by atoms with Crippen molar-refractivity contribution in [1.82, 2.24) is 9.97 Å². The first kappa shape index (κ1) is 9.41. The standard InChI is InChI=1S/C11H9N3O/c1-7-8(2)13-11(14-9(7)6-12)10-4-3-5-15-10/h3-5H,1-2H3. The Bertz CT molecular complexity index is 524. The maximum absolute atomic E-state index is 8.89. The van der Waals surface area contributed by atoms with E-state index in [0.29, 0.717) is 17.3 Å². The topological polar surface area (TPSA) is 62.7 Å². The second-order valence-electron chi connectivity index (χ2n) is 3.20. The third kappa shape index (κ3) is 1.59. The molecule has 0 aromatic carbocycles. The van der Waals surface area contributed by atoms with Crippen LogP contribution in [-0.2, 0) is 0 Å². The lowest BCUT2D eigenvalue weighted by atomic mass is 10.2. The summed E-state index contributed by atoms with van der Waals surface area (Å²) in [6.45, 7) is 3.68. The predicted octanol–water partition coefficient (Wildman–Crippen LogP) is 2.23. The minimum atomic E-state index is 0.397. The largest absolute Gasteiger partial charge is 0.461 e. The molecule has 0 aliphatic carbocycles. The van der Waals surface area contributed by atoms with Gasteiger partial charge in [-0.3, -0.25) is 0 Å². The predicted molar refractivity (Wildman–Crippen MR) is 53.9 cm³/mol. The normalized spacial score (nSPS) is 9.93. The summed E-state index contributed by atoms with van der Waals surface area (Å²) in [4.78, 5) is 8.40. The summed E-state index contributed by atoms with van der Waals surface area (Å²) in [5.41, 5.74) is 2.01. The van der Waals surface area contributed by atoms with Crippen LogP contribution in [0.1, 0.15) is 17.0 Å². The Balaban J connectivity index is 2.62. The smallest absolute Gasteiger partial charge is 0.197 e. The molecule has 0 aliphatic rings. The molecule has 4 heteroatoms. The summed E-state index contributed by atoms with van der Waals surface area (Å²) in [5.74, 6) is 1.04. The van der Waals surface area contributed by atoms with Crippen LogP contribution in [0.25, 0.3) is 11.6 Å². The molecule has 0 spiro atoms. The Morgan fingerprint density at radius 2 is 2.13 bits per heavy atom. The van der Waals surface area contributed by atoms with Gasteiger partial charge in [-0.1, -0.05) is 0 Å². The molecule has 2 rings (SSSR count). The SMILES string of the molecule is Cc1nc(-c2ccco2)nc(C#N)c1C. The molecule has 0 unspecified atom stereocenters. The summed E-state index contributed by atoms with van der Waals surface area (Å²) in [6, 6.07) is 5.58. The zero-order valence-corrected chi connectivity index (χ0v) is 8.48. The number of nitriles is 1. The van der Waals surface area contributed by atoms with Crippen molar-refractivity contribution in [3.63, 3.8) is 0 Å². The molecular weight excluding hydrogens is 190 g/mol. The molecule has 2 heterocycles. The van der Waals surface area contributed by atoms with Crippen LogP contribution in [0.2, 0.25) is 0 Å². The maximum Gasteiger partial charge on any atom is 0.197 e. The van der Waals surface area contributed by atoms with E-state index in [4.69, 9.17) is 9.68 Å². The zero-order valence-electron chi connectivity index (χ0n) is 8.48. The minimum Gasteiger partial charge on any atom is -0.461 e. The molecule has 0 saturated carbocycles. The molecule has 74 valence electrons. The lowest BCUT2D eigenvalue weighted by Gasteiger charge is -2.02. The Hall–Kier alpha value is -2.15. The quantitative estimate of drug-likeness (QED) is 0.706. The van der Waals surface area contributed by atoms with E-state index in [-0.39, 0.29) is 0 Å². The van der Waals surface area contributed by atoms with Crippen molar-refractivity contribution >= 4 is 0 Å². The molecule has 4 nitrogen and oxygen atoms in total. The summed E-state index contributed by atoms with van der Waals surface area (Å²) in [7, 11) is 0. The van der Waals surface area contributed by atoms with Gasteiger partial charge < -0.3 is 4.42 Å². The van der Waals surface area contributed by atoms with Gasteiger partial charge in [0.15, 0.2) is 11.6 Å². The van der Waals surface area contributed by atoms with Gasteiger partial charge in [0.05, 0.1) is 6.26 Å². The van der Waals surface area contributed by atoms with Gasteiger partial charge in [-0.2, -0.15) is 5.26 Å². The number of hydrogen-bond donors (Lipinski definition) is 0. The van der Waals surface area contributed by atoms with Crippen LogP contribution in [-0.4, -0.2) is 9.97 Å². The van der Waals surface area contributed by atoms with Gasteiger partial charge in [0.25, 0.3) is 0 Å². The highest BCUT2D eigenvalue weighted by molar-refractivity contribution is 5.49. The molecule has 0 radical (unpaired) electrons. The third-order valence-corrected chi connectivity index (χ3v) is 2.24. The Morgan fingerprint density at radius 3 is 2.73 bits per heavy atom. The third-order valence-electron chi connectivity index (χ3n) is 2.24. The highest BCUT2D eigenvalue weighted by Crippen LogP contribution is 2.18. The molecule has 0 N–H and O–H groups in total. The van der Waals surface area contributed by atoms with Crippen molar-refractivity contribution in [2.45, 2.75) is 13.8 Å². The van der Waals surface area contributed by atoms with Gasteiger partial charge in [0, 0.05) is 11.3 Å². The lowest BCUT2D eigenvalue weighted by Crippen LogP contribution is -1.99. The van der Waals surface area contributed by atoms with Crippen LogP contribution in [0.15, 0.2) is 22.8 Å². The van der Waals surface area contributed by atoms with E-state index in [2.05, 4.69) is 9.97 Å². The van der Waals surface area contributed by atoms with E-state index in [1.165, 1.54) is 0 Å². The fourth-order valence-electron chi connectivity index (χ4n) is 1.25. The first-order valence-corrected chi connectivity index (χ1v) is 4.51. The summed E-state index contributed by atoms with van der Waals surface area (Å²) in [5, 5.41) is 8.89. The van der Waals surface area contributed by atoms with Crippen molar-refractivity contribution in [2.75, 3.05) is 0 Å². The number of hydrogen-bond acceptors (Lipinski definition) is 4. The molecule has 0 fully saturated rings. The minimum absolute atomic E-state index is 0.397. The maximum atomic E-state index is 8.89. The average Bonchev–Trinajstić information content (AvgIpc) is 2.75. The van der Waals surface area contributed by atoms with Crippen LogP contribution in [0.4, 0.5) is 0 Å². The van der Waals surface area contributed by atoms with Gasteiger partial charge in [-0.25, -0.2) is 9.97 Å². The summed E-state index contributed by atoms with van der Waals surface area (Å²) in [6.07, 6.45) is 1.56. The van der Waals surface area contributed by atoms with E-state index in [1.54, 1.807) is 18.4 Å². The molecule has 0 aliphatic heterocycles. The molecule has 15 heavy (non-hydrogen) atoms. The number of nitrogens with zero attached hydrogens (tertiary/aromatic N) is 3. The molecule has 0 atom stereocenters. The molecule has 2 aromatic rings. The van der Waals surface area contributed by atoms with Gasteiger partial charge in [0.2, 0.25) is 0 Å². The molecule has 0 saturated heterocycles. The number of aromatic nitrogens is 2. The number of aryl methyl sites for hydroxylation is 1. The number of furan rings is 1. The zero-order chi connectivity index (χ0) is 10.8. The first-order valence-electron chi connectivity index (χ1n) is 4.51. The van der Waals surface area contributed by atoms with E-state index in [9.17, 15) is 0 Å². The van der Waals surface area contributed by atoms with Gasteiger partial charge in [-0.15, -0.1) is 0 Å². The second kappa shape index (κ2) is 3.54. The van der Waals surface area contributed by atoms with Crippen LogP contribution < -0.4 is 0 Å². The van der Waals surface area contributed by atoms with Crippen molar-refractivity contribution in [3.8, 4) is 17.7 Å². The van der Waals surface area contributed by atoms with Crippen molar-refractivity contribution < 1.29 is 4.42 Å². The van der Waals surface area contributed by atoms with Crippen LogP contribution in [0.5, 0.6) is 0 Å². The fraction of sp³-hybridized carbons (Fsp3) is 0.182. The second-order valence-corrected chi connectivity index (χ2v) is 3.20. The number of rotatable bonds is 1.